The van der Waals surface area contributed by atoms with Gasteiger partial charge in [-0.15, -0.1) is 0 Å². The van der Waals surface area contributed by atoms with Crippen molar-refractivity contribution in [3.05, 3.63) is 29.3 Å². The summed E-state index contributed by atoms with van der Waals surface area (Å²) in [5.74, 6) is -4.56. The fourth-order valence-electron chi connectivity index (χ4n) is 4.48. The Kier molecular flexibility index (Phi) is 18.5. The van der Waals surface area contributed by atoms with Crippen molar-refractivity contribution in [1.82, 2.24) is 26.2 Å². The summed E-state index contributed by atoms with van der Waals surface area (Å²) in [7, 11) is -4.50. The predicted octanol–water partition coefficient (Wildman–Crippen LogP) is -0.316. The van der Waals surface area contributed by atoms with Gasteiger partial charge in [0.25, 0.3) is 16.0 Å². The van der Waals surface area contributed by atoms with Crippen LogP contribution in [0.2, 0.25) is 0 Å². The Labute approximate surface area is 299 Å². The fourth-order valence-corrected chi connectivity index (χ4v) is 5.14. The number of carbonyl (C=O) groups is 6. The number of carbonyl (C=O) groups excluding carboxylic acids is 6. The van der Waals surface area contributed by atoms with Crippen molar-refractivity contribution < 1.29 is 46.5 Å². The maximum atomic E-state index is 13.1. The van der Waals surface area contributed by atoms with E-state index in [1.165, 1.54) is 17.0 Å². The van der Waals surface area contributed by atoms with Gasteiger partial charge in [0.2, 0.25) is 17.7 Å². The van der Waals surface area contributed by atoms with Crippen LogP contribution in [-0.2, 0) is 40.6 Å². The molecule has 2 rings (SSSR count). The molecule has 51 heavy (non-hydrogen) atoms. The number of hydrogen-bond acceptors (Lipinski definition) is 11. The van der Waals surface area contributed by atoms with E-state index in [9.17, 15) is 41.7 Å². The molecule has 0 aromatic heterocycles. The largest absolute Gasteiger partial charge is 0.461 e. The number of nitrogens with zero attached hydrogens (tertiary/aromatic N) is 1. The van der Waals surface area contributed by atoms with Crippen molar-refractivity contribution in [2.24, 2.45) is 23.3 Å². The summed E-state index contributed by atoms with van der Waals surface area (Å²) >= 11 is 0. The van der Waals surface area contributed by atoms with Crippen LogP contribution in [-0.4, -0.2) is 110 Å². The third kappa shape index (κ3) is 17.0. The zero-order valence-corrected chi connectivity index (χ0v) is 31.1. The van der Waals surface area contributed by atoms with Crippen molar-refractivity contribution in [3.8, 4) is 0 Å². The Morgan fingerprint density at radius 3 is 2.10 bits per heavy atom. The number of urea groups is 1. The van der Waals surface area contributed by atoms with Crippen LogP contribution in [0.3, 0.4) is 0 Å². The molecule has 10 N–H and O–H groups in total. The van der Waals surface area contributed by atoms with Gasteiger partial charge >= 0.3 is 12.0 Å². The molecule has 1 aromatic carbocycles. The molecular weight excluding hydrogens is 688 g/mol. The lowest BCUT2D eigenvalue weighted by atomic mass is 10.0. The SMILES string of the molecule is CC(C)NC(CS(=O)(=O)O)C(=O)NC(C(=O)NCC(=O)Nc1ccc(COC(=O)C(C)C)c(C(=O)N2CC(N)C2)c1)C(C)C.CCCNC(N)=O. The molecule has 0 radical (unpaired) electrons. The van der Waals surface area contributed by atoms with E-state index in [2.05, 4.69) is 26.6 Å². The number of rotatable bonds is 17. The molecule has 1 heterocycles. The van der Waals surface area contributed by atoms with Gasteiger partial charge in [-0.3, -0.25) is 28.5 Å². The van der Waals surface area contributed by atoms with E-state index in [0.717, 1.165) is 6.42 Å². The van der Waals surface area contributed by atoms with Crippen LogP contribution in [0.25, 0.3) is 0 Å². The molecule has 1 saturated heterocycles. The summed E-state index contributed by atoms with van der Waals surface area (Å²) < 4.78 is 37.3. The molecule has 0 bridgehead atoms. The quantitative estimate of drug-likeness (QED) is 0.0754. The molecule has 2 atom stereocenters. The van der Waals surface area contributed by atoms with Crippen molar-refractivity contribution >= 4 is 51.4 Å². The Morgan fingerprint density at radius 1 is 1.00 bits per heavy atom. The van der Waals surface area contributed by atoms with Crippen molar-refractivity contribution in [3.63, 3.8) is 0 Å². The number of hydrogen-bond donors (Lipinski definition) is 8. The van der Waals surface area contributed by atoms with Gasteiger partial charge in [0, 0.05) is 48.5 Å². The van der Waals surface area contributed by atoms with Crippen LogP contribution in [0.5, 0.6) is 0 Å². The van der Waals surface area contributed by atoms with Crippen molar-refractivity contribution in [2.45, 2.75) is 85.7 Å². The zero-order valence-electron chi connectivity index (χ0n) is 30.3. The van der Waals surface area contributed by atoms with Crippen LogP contribution in [0.1, 0.15) is 70.8 Å². The van der Waals surface area contributed by atoms with Crippen LogP contribution >= 0.6 is 0 Å². The second-order valence-electron chi connectivity index (χ2n) is 13.0. The minimum atomic E-state index is -4.50. The van der Waals surface area contributed by atoms with Gasteiger partial charge in [-0.25, -0.2) is 4.79 Å². The van der Waals surface area contributed by atoms with E-state index in [4.69, 9.17) is 16.2 Å². The third-order valence-corrected chi connectivity index (χ3v) is 7.86. The zero-order chi connectivity index (χ0) is 39.1. The van der Waals surface area contributed by atoms with E-state index in [-0.39, 0.29) is 41.8 Å². The molecule has 2 unspecified atom stereocenters. The first-order chi connectivity index (χ1) is 23.6. The molecule has 288 valence electrons. The lowest BCUT2D eigenvalue weighted by molar-refractivity contribution is -0.148. The van der Waals surface area contributed by atoms with E-state index < -0.39 is 70.1 Å². The summed E-state index contributed by atoms with van der Waals surface area (Å²) in [6.07, 6.45) is 0.933. The van der Waals surface area contributed by atoms with Gasteiger partial charge in [0.05, 0.1) is 18.2 Å². The minimum absolute atomic E-state index is 0.132. The van der Waals surface area contributed by atoms with Gasteiger partial charge in [0.1, 0.15) is 18.7 Å². The van der Waals surface area contributed by atoms with Gasteiger partial charge < -0.3 is 47.7 Å². The highest BCUT2D eigenvalue weighted by molar-refractivity contribution is 7.85. The van der Waals surface area contributed by atoms with E-state index in [1.54, 1.807) is 47.6 Å². The first kappa shape index (κ1) is 44.7. The lowest BCUT2D eigenvalue weighted by Crippen LogP contribution is -2.58. The lowest BCUT2D eigenvalue weighted by Gasteiger charge is -2.37. The number of nitrogens with one attached hydrogen (secondary N) is 5. The Morgan fingerprint density at radius 2 is 1.63 bits per heavy atom. The molecule has 18 nitrogen and oxygen atoms in total. The summed E-state index contributed by atoms with van der Waals surface area (Å²) in [4.78, 5) is 74.9. The van der Waals surface area contributed by atoms with Gasteiger partial charge in [-0.2, -0.15) is 8.42 Å². The summed E-state index contributed by atoms with van der Waals surface area (Å²) in [5, 5.41) is 12.7. The average Bonchev–Trinajstić information content (AvgIpc) is 3.01. The molecule has 1 aliphatic rings. The number of likely N-dealkylation sites (tertiary alicyclic amines) is 1. The minimum Gasteiger partial charge on any atom is -0.461 e. The summed E-state index contributed by atoms with van der Waals surface area (Å²) in [6.45, 7) is 12.8. The van der Waals surface area contributed by atoms with E-state index in [0.29, 0.717) is 25.2 Å². The average molecular weight is 743 g/mol. The number of primary amides is 1. The Bertz CT molecular complexity index is 1480. The number of nitrogens with two attached hydrogens (primary N) is 2. The highest BCUT2D eigenvalue weighted by Gasteiger charge is 2.32. The van der Waals surface area contributed by atoms with Crippen LogP contribution < -0.4 is 38.1 Å². The predicted molar refractivity (Wildman–Crippen MR) is 190 cm³/mol. The first-order valence-corrected chi connectivity index (χ1v) is 18.2. The Balaban J connectivity index is 0.00000167. The molecule has 1 aromatic rings. The molecule has 1 aliphatic heterocycles. The fraction of sp³-hybridized carbons (Fsp3) is 0.625. The summed E-state index contributed by atoms with van der Waals surface area (Å²) in [6, 6.07) is 1.24. The molecule has 0 aliphatic carbocycles. The first-order valence-electron chi connectivity index (χ1n) is 16.6. The topological polar surface area (TPSA) is 281 Å². The molecule has 0 saturated carbocycles. The van der Waals surface area contributed by atoms with Crippen LogP contribution in [0, 0.1) is 11.8 Å². The van der Waals surface area contributed by atoms with E-state index >= 15 is 0 Å². The second-order valence-corrected chi connectivity index (χ2v) is 14.5. The molecule has 19 heteroatoms. The second kappa shape index (κ2) is 21.1. The van der Waals surface area contributed by atoms with Crippen molar-refractivity contribution in [1.29, 1.82) is 0 Å². The number of anilines is 1. The number of esters is 1. The smallest absolute Gasteiger partial charge is 0.312 e. The van der Waals surface area contributed by atoms with Crippen molar-refractivity contribution in [2.75, 3.05) is 37.2 Å². The van der Waals surface area contributed by atoms with E-state index in [1.807, 2.05) is 6.92 Å². The summed E-state index contributed by atoms with van der Waals surface area (Å²) in [5.41, 5.74) is 11.5. The number of ether oxygens (including phenoxy) is 1. The normalized spacial score (nSPS) is 14.1. The molecular formula is C32H54N8O10S. The number of amides is 6. The van der Waals surface area contributed by atoms with Crippen LogP contribution in [0.4, 0.5) is 10.5 Å². The maximum absolute atomic E-state index is 13.1. The van der Waals surface area contributed by atoms with Crippen LogP contribution in [0.15, 0.2) is 18.2 Å². The number of benzene rings is 1. The van der Waals surface area contributed by atoms with Gasteiger partial charge in [-0.1, -0.05) is 54.5 Å². The third-order valence-electron chi connectivity index (χ3n) is 7.11. The molecule has 1 fully saturated rings. The molecule has 0 spiro atoms. The Hall–Kier alpha value is -4.33. The highest BCUT2D eigenvalue weighted by Crippen LogP contribution is 2.22. The van der Waals surface area contributed by atoms with Gasteiger partial charge in [0.15, 0.2) is 0 Å². The monoisotopic (exact) mass is 742 g/mol. The van der Waals surface area contributed by atoms with Gasteiger partial charge in [-0.05, 0) is 24.5 Å². The molecule has 6 amide bonds. The highest BCUT2D eigenvalue weighted by atomic mass is 32.2. The maximum Gasteiger partial charge on any atom is 0.312 e. The standard InChI is InChI=1S/C28H44N6O9S.C4H10N2O/c1-15(2)24(33-25(36)22(31-17(5)6)14-44(40,41)42)26(37)30-10-23(35)32-20-8-7-18(13-43-28(39)16(3)4)21(9-20)27(38)34-11-19(29)12-34;1-2-3-6-4(5)7/h7-9,15-17,19,22,24,31H,10-14,29H2,1-6H3,(H,30,37)(H,32,35)(H,33,36)(H,40,41,42);2-3H2,1H3,(H3,5,6,7).